The Morgan fingerprint density at radius 2 is 1.97 bits per heavy atom. The maximum atomic E-state index is 11.6. The predicted molar refractivity (Wildman–Crippen MR) is 124 cm³/mol. The van der Waals surface area contributed by atoms with E-state index in [0.29, 0.717) is 12.5 Å². The van der Waals surface area contributed by atoms with Gasteiger partial charge >= 0.3 is 5.97 Å². The molecule has 0 aromatic carbocycles. The van der Waals surface area contributed by atoms with Crippen molar-refractivity contribution in [3.8, 4) is 0 Å². The number of nitrogens with zero attached hydrogens (tertiary/aromatic N) is 1. The van der Waals surface area contributed by atoms with Crippen molar-refractivity contribution in [2.75, 3.05) is 11.9 Å². The van der Waals surface area contributed by atoms with E-state index >= 15 is 0 Å². The van der Waals surface area contributed by atoms with E-state index in [1.807, 2.05) is 18.3 Å². The number of nitrogens with one attached hydrogen (secondary N) is 3. The van der Waals surface area contributed by atoms with E-state index in [9.17, 15) is 9.90 Å². The molecule has 1 aromatic heterocycles. The number of aliphatic imine (C=N–C) groups is 1. The third kappa shape index (κ3) is 8.93. The van der Waals surface area contributed by atoms with Crippen LogP contribution in [0.1, 0.15) is 77.6 Å². The lowest BCUT2D eigenvalue weighted by atomic mass is 9.91. The van der Waals surface area contributed by atoms with Gasteiger partial charge in [-0.2, -0.15) is 0 Å². The van der Waals surface area contributed by atoms with Crippen LogP contribution in [0.3, 0.4) is 0 Å². The number of hydrogen-bond donors (Lipinski definition) is 5. The number of carboxylic acids is 1. The van der Waals surface area contributed by atoms with Crippen LogP contribution >= 0.6 is 0 Å². The van der Waals surface area contributed by atoms with Crippen LogP contribution in [0.5, 0.6) is 0 Å². The molecular weight excluding hydrogens is 378 g/mol. The Bertz CT molecular complexity index is 669. The summed E-state index contributed by atoms with van der Waals surface area (Å²) in [4.78, 5) is 18.9. The highest BCUT2D eigenvalue weighted by molar-refractivity contribution is 5.83. The Balaban J connectivity index is 1.93. The number of carbonyl (C=O) groups is 1. The Kier molecular flexibility index (Phi) is 10.9. The normalized spacial score (nSPS) is 17.8. The molecule has 168 valence electrons. The summed E-state index contributed by atoms with van der Waals surface area (Å²) in [6.45, 7) is 2.85. The lowest BCUT2D eigenvalue weighted by molar-refractivity contribution is -0.131. The van der Waals surface area contributed by atoms with Gasteiger partial charge in [-0.25, -0.2) is 4.79 Å². The molecule has 0 spiro atoms. The number of nitrogens with two attached hydrogens (primary N) is 1. The fourth-order valence-electron chi connectivity index (χ4n) is 4.04. The molecule has 1 aliphatic rings. The standard InChI is InChI=1S/C23H39N5O2/c1-2-3-4-5-6-7-8-9-10-12-19(27-21-13-11-15-25-21)18(17-22(29)30)20-14-16-26-23(24)28-20/h11,13,15,17,19-20,25,27H,2-10,12,14,16H2,1H3,(H,29,30)(H3,24,26,28). The number of aromatic nitrogens is 1. The highest BCUT2D eigenvalue weighted by atomic mass is 16.4. The second-order valence-corrected chi connectivity index (χ2v) is 8.13. The summed E-state index contributed by atoms with van der Waals surface area (Å²) < 4.78 is 0. The molecule has 2 heterocycles. The molecule has 0 radical (unpaired) electrons. The van der Waals surface area contributed by atoms with E-state index < -0.39 is 5.97 Å². The number of carboxylic acid groups (broad SMARTS) is 1. The average molecular weight is 418 g/mol. The molecule has 0 bridgehead atoms. The SMILES string of the molecule is CCCCCCCCCCCC(Nc1ccc[nH]1)C(=CC(=O)O)C1CCN=C(N)N1. The number of anilines is 1. The third-order valence-electron chi connectivity index (χ3n) is 5.64. The summed E-state index contributed by atoms with van der Waals surface area (Å²) in [6, 6.07) is 3.70. The summed E-state index contributed by atoms with van der Waals surface area (Å²) >= 11 is 0. The molecule has 0 aliphatic carbocycles. The molecule has 30 heavy (non-hydrogen) atoms. The summed E-state index contributed by atoms with van der Waals surface area (Å²) in [5, 5.41) is 16.1. The number of rotatable bonds is 15. The molecule has 1 aromatic rings. The summed E-state index contributed by atoms with van der Waals surface area (Å²) in [6.07, 6.45) is 16.2. The molecule has 0 fully saturated rings. The van der Waals surface area contributed by atoms with E-state index in [1.54, 1.807) is 0 Å². The number of H-pyrrole nitrogens is 1. The predicted octanol–water partition coefficient (Wildman–Crippen LogP) is 4.40. The van der Waals surface area contributed by atoms with Crippen LogP contribution in [-0.4, -0.2) is 40.6 Å². The van der Waals surface area contributed by atoms with Crippen LogP contribution in [0.2, 0.25) is 0 Å². The quantitative estimate of drug-likeness (QED) is 0.214. The Morgan fingerprint density at radius 3 is 2.57 bits per heavy atom. The van der Waals surface area contributed by atoms with Crippen LogP contribution in [0.4, 0.5) is 5.82 Å². The minimum absolute atomic E-state index is 0.0762. The molecular formula is C23H39N5O2. The maximum absolute atomic E-state index is 11.6. The number of aliphatic carboxylic acids is 1. The van der Waals surface area contributed by atoms with Gasteiger partial charge in [0.05, 0.1) is 12.1 Å². The number of hydrogen-bond acceptors (Lipinski definition) is 5. The van der Waals surface area contributed by atoms with E-state index in [1.165, 1.54) is 57.4 Å². The first-order valence-electron chi connectivity index (χ1n) is 11.5. The molecule has 0 amide bonds. The molecule has 7 heteroatoms. The van der Waals surface area contributed by atoms with Gasteiger partial charge in [-0.05, 0) is 30.5 Å². The maximum Gasteiger partial charge on any atom is 0.328 e. The van der Waals surface area contributed by atoms with Gasteiger partial charge in [0.25, 0.3) is 0 Å². The monoisotopic (exact) mass is 417 g/mol. The number of aromatic amines is 1. The van der Waals surface area contributed by atoms with E-state index in [-0.39, 0.29) is 12.1 Å². The van der Waals surface area contributed by atoms with Crippen LogP contribution in [0.25, 0.3) is 0 Å². The highest BCUT2D eigenvalue weighted by Gasteiger charge is 2.26. The Hall–Kier alpha value is -2.44. The van der Waals surface area contributed by atoms with Crippen molar-refractivity contribution in [3.05, 3.63) is 30.0 Å². The summed E-state index contributed by atoms with van der Waals surface area (Å²) in [5.41, 5.74) is 6.69. The molecule has 2 atom stereocenters. The van der Waals surface area contributed by atoms with Crippen molar-refractivity contribution in [2.45, 2.75) is 89.6 Å². The fourth-order valence-corrected chi connectivity index (χ4v) is 4.04. The molecule has 0 saturated carbocycles. The van der Waals surface area contributed by atoms with E-state index in [0.717, 1.165) is 30.7 Å². The Labute approximate surface area is 180 Å². The van der Waals surface area contributed by atoms with Crippen molar-refractivity contribution in [3.63, 3.8) is 0 Å². The van der Waals surface area contributed by atoms with Gasteiger partial charge in [0.1, 0.15) is 5.82 Å². The largest absolute Gasteiger partial charge is 0.478 e. The van der Waals surface area contributed by atoms with Gasteiger partial charge in [0.2, 0.25) is 0 Å². The van der Waals surface area contributed by atoms with Gasteiger partial charge in [-0.1, -0.05) is 64.7 Å². The number of guanidine groups is 1. The first-order valence-corrected chi connectivity index (χ1v) is 11.5. The van der Waals surface area contributed by atoms with E-state index in [2.05, 4.69) is 27.5 Å². The van der Waals surface area contributed by atoms with Crippen molar-refractivity contribution >= 4 is 17.7 Å². The third-order valence-corrected chi connectivity index (χ3v) is 5.64. The zero-order valence-electron chi connectivity index (χ0n) is 18.3. The van der Waals surface area contributed by atoms with Crippen LogP contribution in [0, 0.1) is 0 Å². The van der Waals surface area contributed by atoms with Crippen LogP contribution < -0.4 is 16.4 Å². The average Bonchev–Trinajstić information content (AvgIpc) is 3.23. The summed E-state index contributed by atoms with van der Waals surface area (Å²) in [5.74, 6) is 0.340. The molecule has 2 unspecified atom stereocenters. The van der Waals surface area contributed by atoms with E-state index in [4.69, 9.17) is 5.73 Å². The van der Waals surface area contributed by atoms with Crippen molar-refractivity contribution in [1.29, 1.82) is 0 Å². The minimum atomic E-state index is -0.932. The molecule has 0 saturated heterocycles. The van der Waals surface area contributed by atoms with Gasteiger partial charge in [0.15, 0.2) is 5.96 Å². The van der Waals surface area contributed by atoms with Gasteiger partial charge in [-0.15, -0.1) is 0 Å². The topological polar surface area (TPSA) is 116 Å². The Morgan fingerprint density at radius 1 is 1.27 bits per heavy atom. The number of unbranched alkanes of at least 4 members (excludes halogenated alkanes) is 8. The lowest BCUT2D eigenvalue weighted by Crippen LogP contribution is -2.47. The second kappa shape index (κ2) is 13.7. The van der Waals surface area contributed by atoms with Crippen LogP contribution in [0.15, 0.2) is 35.0 Å². The van der Waals surface area contributed by atoms with Gasteiger partial charge < -0.3 is 26.5 Å². The van der Waals surface area contributed by atoms with Gasteiger partial charge in [-0.3, -0.25) is 4.99 Å². The van der Waals surface area contributed by atoms with Crippen molar-refractivity contribution in [1.82, 2.24) is 10.3 Å². The van der Waals surface area contributed by atoms with Crippen molar-refractivity contribution < 1.29 is 9.90 Å². The molecule has 2 rings (SSSR count). The minimum Gasteiger partial charge on any atom is -0.478 e. The first kappa shape index (κ1) is 23.8. The summed E-state index contributed by atoms with van der Waals surface area (Å²) in [7, 11) is 0. The van der Waals surface area contributed by atoms with Crippen molar-refractivity contribution in [2.24, 2.45) is 10.7 Å². The van der Waals surface area contributed by atoms with Crippen LogP contribution in [-0.2, 0) is 4.79 Å². The van der Waals surface area contributed by atoms with Gasteiger partial charge in [0, 0.05) is 18.8 Å². The second-order valence-electron chi connectivity index (χ2n) is 8.13. The molecule has 7 nitrogen and oxygen atoms in total. The first-order chi connectivity index (χ1) is 14.6. The zero-order chi connectivity index (χ0) is 21.6. The fraction of sp³-hybridized carbons (Fsp3) is 0.652. The zero-order valence-corrected chi connectivity index (χ0v) is 18.3. The molecule has 1 aliphatic heterocycles. The molecule has 6 N–H and O–H groups in total. The smallest absolute Gasteiger partial charge is 0.328 e. The highest BCUT2D eigenvalue weighted by Crippen LogP contribution is 2.23. The lowest BCUT2D eigenvalue weighted by Gasteiger charge is -2.31.